The second-order valence-corrected chi connectivity index (χ2v) is 4.24. The number of nitrogens with zero attached hydrogens (tertiary/aromatic N) is 1. The van der Waals surface area contributed by atoms with Crippen molar-refractivity contribution in [2.24, 2.45) is 0 Å². The van der Waals surface area contributed by atoms with Crippen molar-refractivity contribution in [3.8, 4) is 11.3 Å². The Balaban J connectivity index is 2.41. The molecule has 0 aliphatic heterocycles. The minimum Gasteiger partial charge on any atom is -0.354 e. The molecule has 0 bridgehead atoms. The van der Waals surface area contributed by atoms with Crippen molar-refractivity contribution >= 4 is 28.4 Å². The van der Waals surface area contributed by atoms with Crippen LogP contribution in [0, 0.1) is 0 Å². The highest BCUT2D eigenvalue weighted by atomic mass is 35.5. The number of carbonyl (C=O) groups excluding carboxylic acids is 1. The molecule has 1 aromatic carbocycles. The van der Waals surface area contributed by atoms with E-state index in [4.69, 9.17) is 27.7 Å². The van der Waals surface area contributed by atoms with E-state index < -0.39 is 17.0 Å². The Morgan fingerprint density at radius 1 is 1.21 bits per heavy atom. The summed E-state index contributed by atoms with van der Waals surface area (Å²) in [5.41, 5.74) is -0.826. The summed E-state index contributed by atoms with van der Waals surface area (Å²) in [4.78, 5) is 10.9. The van der Waals surface area contributed by atoms with E-state index >= 15 is 0 Å². The summed E-state index contributed by atoms with van der Waals surface area (Å²) in [7, 11) is 0. The number of hydrogen-bond acceptors (Lipinski definition) is 3. The summed E-state index contributed by atoms with van der Waals surface area (Å²) >= 11 is 11.0. The molecule has 19 heavy (non-hydrogen) atoms. The molecular formula is C11H4Cl2F3NO2. The van der Waals surface area contributed by atoms with Crippen LogP contribution in [-0.4, -0.2) is 10.4 Å². The van der Waals surface area contributed by atoms with Crippen LogP contribution < -0.4 is 0 Å². The van der Waals surface area contributed by atoms with Crippen molar-refractivity contribution in [1.82, 2.24) is 5.16 Å². The molecule has 2 aromatic rings. The Morgan fingerprint density at radius 3 is 2.21 bits per heavy atom. The van der Waals surface area contributed by atoms with Crippen LogP contribution in [0.5, 0.6) is 0 Å². The van der Waals surface area contributed by atoms with Gasteiger partial charge in [0, 0.05) is 5.56 Å². The molecule has 0 atom stereocenters. The number of benzene rings is 1. The van der Waals surface area contributed by atoms with Crippen LogP contribution in [-0.2, 0) is 6.18 Å². The molecule has 0 aliphatic rings. The zero-order valence-corrected chi connectivity index (χ0v) is 10.5. The summed E-state index contributed by atoms with van der Waals surface area (Å²) in [6.07, 6.45) is -4.43. The van der Waals surface area contributed by atoms with Crippen molar-refractivity contribution in [3.05, 3.63) is 40.5 Å². The zero-order valence-electron chi connectivity index (χ0n) is 8.96. The van der Waals surface area contributed by atoms with E-state index in [9.17, 15) is 18.0 Å². The van der Waals surface area contributed by atoms with Gasteiger partial charge in [-0.05, 0) is 23.7 Å². The molecule has 100 valence electrons. The minimum atomic E-state index is -4.43. The van der Waals surface area contributed by atoms with Crippen LogP contribution in [0.15, 0.2) is 28.8 Å². The Morgan fingerprint density at radius 2 is 1.79 bits per heavy atom. The van der Waals surface area contributed by atoms with Gasteiger partial charge >= 0.3 is 6.18 Å². The summed E-state index contributed by atoms with van der Waals surface area (Å²) in [5, 5.41) is 2.30. The molecule has 1 aromatic heterocycles. The Hall–Kier alpha value is -1.53. The average Bonchev–Trinajstić information content (AvgIpc) is 2.70. The standard InChI is InChI=1S/C11H4Cl2F3NO2/c12-7-8(10(13)18)17-19-9(7)5-1-3-6(4-2-5)11(14,15)16/h1-4H. The molecule has 0 N–H and O–H groups in total. The number of halogens is 5. The third-order valence-electron chi connectivity index (χ3n) is 2.30. The normalized spacial score (nSPS) is 11.6. The second-order valence-electron chi connectivity index (χ2n) is 3.52. The first-order valence-corrected chi connectivity index (χ1v) is 5.59. The third-order valence-corrected chi connectivity index (χ3v) is 2.83. The van der Waals surface area contributed by atoms with E-state index in [-0.39, 0.29) is 22.0 Å². The van der Waals surface area contributed by atoms with Crippen molar-refractivity contribution in [1.29, 1.82) is 0 Å². The summed E-state index contributed by atoms with van der Waals surface area (Å²) in [5.74, 6) is -0.0145. The van der Waals surface area contributed by atoms with E-state index in [1.54, 1.807) is 0 Å². The first kappa shape index (κ1) is 13.9. The van der Waals surface area contributed by atoms with E-state index in [0.29, 0.717) is 0 Å². The number of hydrogen-bond donors (Lipinski definition) is 0. The Bertz CT molecular complexity index is 620. The molecule has 0 saturated heterocycles. The predicted molar refractivity (Wildman–Crippen MR) is 62.1 cm³/mol. The topological polar surface area (TPSA) is 43.1 Å². The van der Waals surface area contributed by atoms with Gasteiger partial charge in [-0.15, -0.1) is 0 Å². The Kier molecular flexibility index (Phi) is 3.56. The maximum absolute atomic E-state index is 12.4. The maximum Gasteiger partial charge on any atom is 0.416 e. The smallest absolute Gasteiger partial charge is 0.354 e. The van der Waals surface area contributed by atoms with Gasteiger partial charge in [-0.3, -0.25) is 4.79 Å². The minimum absolute atomic E-state index is 0.0145. The zero-order chi connectivity index (χ0) is 14.2. The molecule has 8 heteroatoms. The van der Waals surface area contributed by atoms with Crippen LogP contribution in [0.25, 0.3) is 11.3 Å². The van der Waals surface area contributed by atoms with Gasteiger partial charge in [-0.25, -0.2) is 0 Å². The van der Waals surface area contributed by atoms with Gasteiger partial charge in [0.15, 0.2) is 11.5 Å². The van der Waals surface area contributed by atoms with E-state index in [0.717, 1.165) is 24.3 Å². The maximum atomic E-state index is 12.4. The summed E-state index contributed by atoms with van der Waals surface area (Å²) < 4.78 is 42.0. The van der Waals surface area contributed by atoms with Crippen LogP contribution in [0.3, 0.4) is 0 Å². The fraction of sp³-hybridized carbons (Fsp3) is 0.0909. The lowest BCUT2D eigenvalue weighted by atomic mass is 10.1. The van der Waals surface area contributed by atoms with Crippen LogP contribution >= 0.6 is 23.2 Å². The largest absolute Gasteiger partial charge is 0.416 e. The van der Waals surface area contributed by atoms with Crippen LogP contribution in [0.2, 0.25) is 5.02 Å². The molecule has 0 amide bonds. The summed E-state index contributed by atoms with van der Waals surface area (Å²) in [6.45, 7) is 0. The fourth-order valence-corrected chi connectivity index (χ4v) is 1.83. The Labute approximate surface area is 114 Å². The van der Waals surface area contributed by atoms with E-state index in [1.807, 2.05) is 0 Å². The SMILES string of the molecule is O=C(Cl)c1noc(-c2ccc(C(F)(F)F)cc2)c1Cl. The van der Waals surface area contributed by atoms with Gasteiger partial charge < -0.3 is 4.52 Å². The van der Waals surface area contributed by atoms with Gasteiger partial charge in [0.05, 0.1) is 5.56 Å². The number of aromatic nitrogens is 1. The lowest BCUT2D eigenvalue weighted by molar-refractivity contribution is -0.137. The van der Waals surface area contributed by atoms with Gasteiger partial charge in [-0.1, -0.05) is 28.9 Å². The third kappa shape index (κ3) is 2.74. The van der Waals surface area contributed by atoms with Gasteiger partial charge in [0.1, 0.15) is 5.02 Å². The van der Waals surface area contributed by atoms with Crippen LogP contribution in [0.4, 0.5) is 13.2 Å². The van der Waals surface area contributed by atoms with Crippen molar-refractivity contribution in [3.63, 3.8) is 0 Å². The van der Waals surface area contributed by atoms with E-state index in [2.05, 4.69) is 5.16 Å². The fourth-order valence-electron chi connectivity index (χ4n) is 1.39. The number of alkyl halides is 3. The van der Waals surface area contributed by atoms with Crippen molar-refractivity contribution in [2.45, 2.75) is 6.18 Å². The molecule has 0 aliphatic carbocycles. The molecule has 3 nitrogen and oxygen atoms in total. The molecule has 0 fully saturated rings. The molecule has 0 saturated carbocycles. The molecule has 1 heterocycles. The lowest BCUT2D eigenvalue weighted by Gasteiger charge is -2.06. The van der Waals surface area contributed by atoms with E-state index in [1.165, 1.54) is 0 Å². The predicted octanol–water partition coefficient (Wildman–Crippen LogP) is 4.39. The number of rotatable bonds is 2. The number of carbonyl (C=O) groups is 1. The van der Waals surface area contributed by atoms with Crippen molar-refractivity contribution in [2.75, 3.05) is 0 Å². The van der Waals surface area contributed by atoms with Crippen LogP contribution in [0.1, 0.15) is 16.1 Å². The van der Waals surface area contributed by atoms with Gasteiger partial charge in [0.2, 0.25) is 0 Å². The molecule has 0 spiro atoms. The van der Waals surface area contributed by atoms with Gasteiger partial charge in [0.25, 0.3) is 5.24 Å². The summed E-state index contributed by atoms with van der Waals surface area (Å²) in [6, 6.07) is 4.07. The monoisotopic (exact) mass is 309 g/mol. The average molecular weight is 310 g/mol. The molecule has 0 radical (unpaired) electrons. The highest BCUT2D eigenvalue weighted by Crippen LogP contribution is 2.34. The quantitative estimate of drug-likeness (QED) is 0.773. The first-order valence-electron chi connectivity index (χ1n) is 4.83. The lowest BCUT2D eigenvalue weighted by Crippen LogP contribution is -2.03. The highest BCUT2D eigenvalue weighted by Gasteiger charge is 2.30. The second kappa shape index (κ2) is 4.86. The molecule has 0 unspecified atom stereocenters. The van der Waals surface area contributed by atoms with Crippen molar-refractivity contribution < 1.29 is 22.5 Å². The molecule has 2 rings (SSSR count). The highest BCUT2D eigenvalue weighted by molar-refractivity contribution is 6.68. The first-order chi connectivity index (χ1) is 8.80. The van der Waals surface area contributed by atoms with Gasteiger partial charge in [-0.2, -0.15) is 13.2 Å². The molecular weight excluding hydrogens is 306 g/mol.